The van der Waals surface area contributed by atoms with Gasteiger partial charge in [-0.25, -0.2) is 8.42 Å². The van der Waals surface area contributed by atoms with Gasteiger partial charge in [-0.1, -0.05) is 0 Å². The molecule has 112 valence electrons. The average Bonchev–Trinajstić information content (AvgIpc) is 2.86. The van der Waals surface area contributed by atoms with Crippen LogP contribution in [0.15, 0.2) is 23.4 Å². The summed E-state index contributed by atoms with van der Waals surface area (Å²) in [6, 6.07) is 1.73. The zero-order valence-electron chi connectivity index (χ0n) is 12.2. The van der Waals surface area contributed by atoms with E-state index in [1.807, 2.05) is 19.0 Å². The molecule has 1 N–H and O–H groups in total. The number of sulfonamides is 1. The molecule has 1 aromatic rings. The van der Waals surface area contributed by atoms with Gasteiger partial charge in [-0.05, 0) is 33.0 Å². The van der Waals surface area contributed by atoms with Gasteiger partial charge in [0.1, 0.15) is 4.90 Å². The Bertz CT molecular complexity index is 559. The molecule has 1 fully saturated rings. The van der Waals surface area contributed by atoms with E-state index in [2.05, 4.69) is 10.3 Å². The van der Waals surface area contributed by atoms with Crippen LogP contribution in [0.5, 0.6) is 0 Å². The number of aromatic nitrogens is 1. The molecule has 1 atom stereocenters. The fraction of sp³-hybridized carbons (Fsp3) is 0.615. The number of hydrogen-bond donors (Lipinski definition) is 1. The summed E-state index contributed by atoms with van der Waals surface area (Å²) in [5.41, 5.74) is 0.593. The van der Waals surface area contributed by atoms with E-state index < -0.39 is 10.0 Å². The van der Waals surface area contributed by atoms with E-state index in [4.69, 9.17) is 0 Å². The molecule has 0 bridgehead atoms. The van der Waals surface area contributed by atoms with E-state index in [9.17, 15) is 8.42 Å². The first-order chi connectivity index (χ1) is 9.46. The Morgan fingerprint density at radius 3 is 2.90 bits per heavy atom. The quantitative estimate of drug-likeness (QED) is 0.872. The van der Waals surface area contributed by atoms with Crippen molar-refractivity contribution in [3.63, 3.8) is 0 Å². The van der Waals surface area contributed by atoms with Crippen molar-refractivity contribution in [2.75, 3.05) is 39.5 Å². The molecule has 2 heterocycles. The average molecular weight is 298 g/mol. The molecule has 2 rings (SSSR count). The monoisotopic (exact) mass is 298 g/mol. The lowest BCUT2D eigenvalue weighted by molar-refractivity contribution is 0.291. The highest BCUT2D eigenvalue weighted by atomic mass is 32.2. The third-order valence-electron chi connectivity index (χ3n) is 3.54. The summed E-state index contributed by atoms with van der Waals surface area (Å²) in [4.78, 5) is 6.25. The summed E-state index contributed by atoms with van der Waals surface area (Å²) < 4.78 is 27.3. The molecule has 1 aliphatic rings. The van der Waals surface area contributed by atoms with Crippen LogP contribution in [0.1, 0.15) is 12.8 Å². The van der Waals surface area contributed by atoms with Gasteiger partial charge in [-0.2, -0.15) is 4.31 Å². The Morgan fingerprint density at radius 1 is 1.50 bits per heavy atom. The summed E-state index contributed by atoms with van der Waals surface area (Å²) in [5.74, 6) is 0. The maximum absolute atomic E-state index is 12.8. The second kappa shape index (κ2) is 6.07. The van der Waals surface area contributed by atoms with Crippen LogP contribution in [0.3, 0.4) is 0 Å². The SMILES string of the molecule is CNc1ccncc1S(=O)(=O)N1CCCC1CN(C)C. The van der Waals surface area contributed by atoms with Gasteiger partial charge in [0.15, 0.2) is 0 Å². The minimum absolute atomic E-state index is 0.0416. The summed E-state index contributed by atoms with van der Waals surface area (Å²) in [7, 11) is 2.15. The van der Waals surface area contributed by atoms with Gasteiger partial charge in [0.25, 0.3) is 0 Å². The van der Waals surface area contributed by atoms with Gasteiger partial charge in [0.05, 0.1) is 5.69 Å². The second-order valence-electron chi connectivity index (χ2n) is 5.30. The van der Waals surface area contributed by atoms with E-state index in [0.29, 0.717) is 12.2 Å². The Morgan fingerprint density at radius 2 is 2.25 bits per heavy atom. The number of rotatable bonds is 5. The Labute approximate surface area is 120 Å². The largest absolute Gasteiger partial charge is 0.387 e. The molecule has 1 aliphatic heterocycles. The van der Waals surface area contributed by atoms with Crippen LogP contribution in [-0.2, 0) is 10.0 Å². The normalized spacial score (nSPS) is 20.5. The maximum Gasteiger partial charge on any atom is 0.246 e. The van der Waals surface area contributed by atoms with Crippen molar-refractivity contribution < 1.29 is 8.42 Å². The lowest BCUT2D eigenvalue weighted by Crippen LogP contribution is -2.41. The fourth-order valence-electron chi connectivity index (χ4n) is 2.65. The second-order valence-corrected chi connectivity index (χ2v) is 7.15. The third kappa shape index (κ3) is 2.94. The van der Waals surface area contributed by atoms with Gasteiger partial charge in [-0.15, -0.1) is 0 Å². The van der Waals surface area contributed by atoms with Crippen LogP contribution >= 0.6 is 0 Å². The standard InChI is InChI=1S/C13H22N4O2S/c1-14-12-6-7-15-9-13(12)20(18,19)17-8-4-5-11(17)10-16(2)3/h6-7,9,11H,4-5,8,10H2,1-3H3,(H,14,15). The van der Waals surface area contributed by atoms with Crippen molar-refractivity contribution in [1.82, 2.24) is 14.2 Å². The molecule has 20 heavy (non-hydrogen) atoms. The summed E-state index contributed by atoms with van der Waals surface area (Å²) in [6.07, 6.45) is 4.83. The lowest BCUT2D eigenvalue weighted by Gasteiger charge is -2.27. The van der Waals surface area contributed by atoms with Gasteiger partial charge in [0.2, 0.25) is 10.0 Å². The molecule has 0 aliphatic carbocycles. The highest BCUT2D eigenvalue weighted by Gasteiger charge is 2.36. The molecule has 0 spiro atoms. The van der Waals surface area contributed by atoms with E-state index in [0.717, 1.165) is 19.4 Å². The number of hydrogen-bond acceptors (Lipinski definition) is 5. The summed E-state index contributed by atoms with van der Waals surface area (Å²) in [5, 5.41) is 2.92. The van der Waals surface area contributed by atoms with Crippen molar-refractivity contribution >= 4 is 15.7 Å². The molecule has 0 aromatic carbocycles. The molecule has 7 heteroatoms. The van der Waals surface area contributed by atoms with Crippen LogP contribution in [0.4, 0.5) is 5.69 Å². The Balaban J connectivity index is 2.34. The first-order valence-electron chi connectivity index (χ1n) is 6.75. The van der Waals surface area contributed by atoms with Crippen molar-refractivity contribution in [2.45, 2.75) is 23.8 Å². The van der Waals surface area contributed by atoms with Gasteiger partial charge in [0, 0.05) is 38.6 Å². The van der Waals surface area contributed by atoms with Gasteiger partial charge in [-0.3, -0.25) is 4.98 Å². The van der Waals surface area contributed by atoms with Crippen LogP contribution in [0.2, 0.25) is 0 Å². The number of anilines is 1. The maximum atomic E-state index is 12.8. The number of nitrogens with zero attached hydrogens (tertiary/aromatic N) is 3. The van der Waals surface area contributed by atoms with Crippen LogP contribution < -0.4 is 5.32 Å². The van der Waals surface area contributed by atoms with E-state index in [1.54, 1.807) is 23.6 Å². The van der Waals surface area contributed by atoms with Crippen molar-refractivity contribution in [3.05, 3.63) is 18.5 Å². The van der Waals surface area contributed by atoms with Crippen molar-refractivity contribution in [1.29, 1.82) is 0 Å². The zero-order valence-corrected chi connectivity index (χ0v) is 13.0. The molecular weight excluding hydrogens is 276 g/mol. The summed E-state index contributed by atoms with van der Waals surface area (Å²) in [6.45, 7) is 1.33. The van der Waals surface area contributed by atoms with Crippen LogP contribution in [-0.4, -0.2) is 62.9 Å². The minimum atomic E-state index is -3.49. The summed E-state index contributed by atoms with van der Waals surface area (Å²) >= 11 is 0. The molecule has 0 radical (unpaired) electrons. The van der Waals surface area contributed by atoms with E-state index >= 15 is 0 Å². The van der Waals surface area contributed by atoms with Gasteiger partial charge < -0.3 is 10.2 Å². The van der Waals surface area contributed by atoms with Crippen molar-refractivity contribution in [2.24, 2.45) is 0 Å². The number of likely N-dealkylation sites (N-methyl/N-ethyl adjacent to an activating group) is 1. The molecular formula is C13H22N4O2S. The third-order valence-corrected chi connectivity index (χ3v) is 5.52. The highest BCUT2D eigenvalue weighted by molar-refractivity contribution is 7.89. The molecule has 1 unspecified atom stereocenters. The number of nitrogens with one attached hydrogen (secondary N) is 1. The van der Waals surface area contributed by atoms with E-state index in [1.165, 1.54) is 6.20 Å². The zero-order chi connectivity index (χ0) is 14.8. The Hall–Kier alpha value is -1.18. The Kier molecular flexibility index (Phi) is 4.62. The molecule has 0 saturated carbocycles. The van der Waals surface area contributed by atoms with Crippen LogP contribution in [0.25, 0.3) is 0 Å². The molecule has 0 amide bonds. The molecule has 6 nitrogen and oxygen atoms in total. The number of pyridine rings is 1. The topological polar surface area (TPSA) is 65.5 Å². The van der Waals surface area contributed by atoms with Gasteiger partial charge >= 0.3 is 0 Å². The first kappa shape index (κ1) is 15.2. The van der Waals surface area contributed by atoms with E-state index in [-0.39, 0.29) is 10.9 Å². The lowest BCUT2D eigenvalue weighted by atomic mass is 10.2. The molecule has 1 saturated heterocycles. The predicted octanol–water partition coefficient (Wildman–Crippen LogP) is 0.838. The smallest absolute Gasteiger partial charge is 0.246 e. The molecule has 1 aromatic heterocycles. The first-order valence-corrected chi connectivity index (χ1v) is 8.19. The van der Waals surface area contributed by atoms with Crippen LogP contribution in [0, 0.1) is 0 Å². The minimum Gasteiger partial charge on any atom is -0.387 e. The highest BCUT2D eigenvalue weighted by Crippen LogP contribution is 2.29. The van der Waals surface area contributed by atoms with Crippen molar-refractivity contribution in [3.8, 4) is 0 Å². The predicted molar refractivity (Wildman–Crippen MR) is 79.3 cm³/mol. The fourth-order valence-corrected chi connectivity index (χ4v) is 4.48.